The summed E-state index contributed by atoms with van der Waals surface area (Å²) in [4.78, 5) is 22.0. The van der Waals surface area contributed by atoms with Crippen LogP contribution >= 0.6 is 0 Å². The Hall–Kier alpha value is 2.84. The number of hydrogen-bond donors (Lipinski definition) is 0. The molecule has 0 aliphatic rings. The molecule has 128 heavy (non-hydrogen) atoms. The molecule has 0 saturated heterocycles. The molecule has 0 aliphatic heterocycles. The molecule has 0 aliphatic carbocycles. The van der Waals surface area contributed by atoms with E-state index in [4.69, 9.17) is 116 Å². The molecule has 0 aromatic carbocycles. The van der Waals surface area contributed by atoms with Crippen LogP contribution < -0.4 is 0 Å². The molecule has 0 rings (SSSR count). The lowest BCUT2D eigenvalue weighted by molar-refractivity contribution is 0.0523. The van der Waals surface area contributed by atoms with Crippen LogP contribution in [0.4, 0.5) is 9.59 Å². The van der Waals surface area contributed by atoms with Gasteiger partial charge in [-0.25, -0.2) is 9.59 Å². The molecule has 0 amide bonds. The topological polar surface area (TPSA) is 311 Å². The first-order valence-electron chi connectivity index (χ1n) is 44.7. The van der Waals surface area contributed by atoms with Gasteiger partial charge in [-0.3, -0.25) is 0 Å². The average molecular weight is 2290 g/mol. The molecule has 0 radical (unpaired) electrons. The Balaban J connectivity index is 0. The second-order valence-electron chi connectivity index (χ2n) is 45.2. The first-order valence-corrected chi connectivity index (χ1v) is 122. The van der Waals surface area contributed by atoms with Crippen LogP contribution in [0.5, 0.6) is 0 Å². The minimum atomic E-state index is -2.93. The van der Waals surface area contributed by atoms with E-state index in [1.807, 2.05) is 151 Å². The number of carbonyl (C=O) groups is 2. The van der Waals surface area contributed by atoms with E-state index in [9.17, 15) is 9.59 Å². The van der Waals surface area contributed by atoms with E-state index in [1.165, 1.54) is 0 Å². The van der Waals surface area contributed by atoms with Gasteiger partial charge in [0.1, 0.15) is 6.10 Å². The van der Waals surface area contributed by atoms with Crippen molar-refractivity contribution in [2.75, 3.05) is 6.61 Å². The molecule has 0 saturated carbocycles. The Morgan fingerprint density at radius 1 is 0.219 bits per heavy atom. The highest BCUT2D eigenvalue weighted by atomic mass is 28.6. The normalized spacial score (nSPS) is 15.5. The van der Waals surface area contributed by atoms with E-state index in [-0.39, 0.29) is 12.7 Å². The smallest absolute Gasteiger partial charge is 0.437 e. The maximum atomic E-state index is 11.5. The van der Waals surface area contributed by atoms with E-state index in [0.29, 0.717) is 6.42 Å². The van der Waals surface area contributed by atoms with Crippen molar-refractivity contribution in [3.05, 3.63) is 25.7 Å². The summed E-state index contributed by atoms with van der Waals surface area (Å²) in [6, 6.07) is 0.886. The second kappa shape index (κ2) is 48.5. The third-order valence-corrected chi connectivity index (χ3v) is 120. The molecular weight excluding hydrogens is 2100 g/mol. The van der Waals surface area contributed by atoms with Gasteiger partial charge in [0, 0.05) is 0 Å². The molecule has 764 valence electrons. The highest BCUT2D eigenvalue weighted by Crippen LogP contribution is 2.38. The molecule has 0 fully saturated rings. The van der Waals surface area contributed by atoms with Gasteiger partial charge in [-0.2, -0.15) is 0 Å². The second-order valence-corrected chi connectivity index (χ2v) is 145. The summed E-state index contributed by atoms with van der Waals surface area (Å²) < 4.78 is 199. The molecule has 0 spiro atoms. The lowest BCUT2D eigenvalue weighted by Gasteiger charge is -2.45. The Labute approximate surface area is 809 Å². The largest absolute Gasteiger partial charge is 0.513 e. The molecule has 1 atom stereocenters. The highest BCUT2D eigenvalue weighted by Gasteiger charge is 2.57. The van der Waals surface area contributed by atoms with Crippen LogP contribution in [0.25, 0.3) is 0 Å². The van der Waals surface area contributed by atoms with Crippen LogP contribution in [-0.2, 0) is 126 Å². The SMILES string of the molecule is C=COC(=O)OC(C)CC.C=COC(=O)OCCCC[Si](C)(C)O[Si](C)(C)O[Si](C)(C)O[Si](C)(C)O[Si](C)(C)O[Si](C)(C)O[Si](C)(C)O[Si](C)(C)O[Si](C)(C)O[Si](C)(C)O[Si](C)(C)O[Si](C)(C)O[Si](C)(C)O[Si](C)(C)O[Si](C)(C)O[Si](C)(C)O[Si](C)(C)O[Si](C)(C)O[Si](C)(C)O[Si](C)(C)O[Si](C)(C)O[Si](C)(C)O[Si](C)(C)O[Si](C)(C)O[Si](C)(C)O[Si](C)(C)O[Si](C)(C)C. The van der Waals surface area contributed by atoms with Gasteiger partial charge in [0.05, 0.1) is 19.1 Å². The predicted octanol–water partition coefficient (Wildman–Crippen LogP) is 24.2. The van der Waals surface area contributed by atoms with Gasteiger partial charge >= 0.3 is 226 Å². The lowest BCUT2D eigenvalue weighted by atomic mass is 10.3. The standard InChI is InChI=1S/C62H176O29Si27.C7H12O3/c1-57-64-62(63)65-60-58-59-61-93(5,6)67-95(9,10)69-97(13,14)71-99(17,18)73-101(21,22)75-103(25,26)77-105(29,30)79-107(33,34)81-109(37,38)83-111(41,42)85-113(45,46)87-115(49,50)89-117(53,54)91-118(55,56)90-116(51,52)88-114(47,48)86-112(43,44)84-110(39,40)82-108(35,36)80-106(31,32)78-104(27,28)76-102(23,24)74-100(19,20)72-98(15,16)70-96(11,12)68-94(7,8)66-92(2,3)4;1-4-6(3)10-7(8)9-5-2/h57H,1,58-61H2,2-56H3;5-6H,2,4H2,1,3H3. The number of unbranched alkanes of at least 4 members (excludes halogenated alkanes) is 1. The van der Waals surface area contributed by atoms with Crippen LogP contribution in [0.2, 0.25) is 366 Å². The minimum Gasteiger partial charge on any atom is -0.437 e. The molecule has 0 bridgehead atoms. The summed E-state index contributed by atoms with van der Waals surface area (Å²) in [6.45, 7) is 124. The van der Waals surface area contributed by atoms with Gasteiger partial charge in [0.25, 0.3) is 0 Å². The van der Waals surface area contributed by atoms with Crippen LogP contribution in [0.15, 0.2) is 25.7 Å². The molecule has 0 aromatic rings. The number of ether oxygens (including phenoxy) is 4. The third kappa shape index (κ3) is 65.1. The van der Waals surface area contributed by atoms with Crippen molar-refractivity contribution in [2.45, 2.75) is 405 Å². The van der Waals surface area contributed by atoms with E-state index < -0.39 is 243 Å². The summed E-state index contributed by atoms with van der Waals surface area (Å²) in [5.74, 6) is 0. The zero-order chi connectivity index (χ0) is 102. The van der Waals surface area contributed by atoms with Gasteiger partial charge in [-0.1, -0.05) is 26.5 Å². The molecule has 32 nitrogen and oxygen atoms in total. The van der Waals surface area contributed by atoms with Gasteiger partial charge in [-0.15, -0.1) is 0 Å². The Bertz CT molecular complexity index is 3420. The highest BCUT2D eigenvalue weighted by molar-refractivity contribution is 6.98. The monoisotopic (exact) mass is 2280 g/mol. The maximum Gasteiger partial charge on any atom is 0.513 e. The summed E-state index contributed by atoms with van der Waals surface area (Å²) in [5, 5.41) is 0. The van der Waals surface area contributed by atoms with Crippen molar-refractivity contribution in [1.29, 1.82) is 0 Å². The molecule has 1 unspecified atom stereocenters. The van der Waals surface area contributed by atoms with Crippen molar-refractivity contribution < 1.29 is 136 Å². The summed E-state index contributed by atoms with van der Waals surface area (Å²) in [6.07, 6.45) is 2.91. The Morgan fingerprint density at radius 2 is 0.359 bits per heavy atom. The zero-order valence-corrected chi connectivity index (χ0v) is 118. The molecule has 0 heterocycles. The van der Waals surface area contributed by atoms with E-state index in [1.54, 1.807) is 6.92 Å². The molecular formula is C69H188O32Si27. The van der Waals surface area contributed by atoms with Crippen LogP contribution in [0.1, 0.15) is 33.1 Å². The molecule has 0 N–H and O–H groups in total. The fraction of sp³-hybridized carbons (Fsp3) is 0.913. The quantitative estimate of drug-likeness (QED) is 0.0236. The minimum absolute atomic E-state index is 0.0903. The van der Waals surface area contributed by atoms with Crippen molar-refractivity contribution in [3.63, 3.8) is 0 Å². The van der Waals surface area contributed by atoms with E-state index in [2.05, 4.69) is 239 Å². The third-order valence-electron chi connectivity index (χ3n) is 15.5. The number of carbonyl (C=O) groups excluding carboxylic acids is 2. The fourth-order valence-corrected chi connectivity index (χ4v) is 157. The average Bonchev–Trinajstić information content (AvgIpc) is 0.800. The molecule has 0 aromatic heterocycles. The first kappa shape index (κ1) is 133. The van der Waals surface area contributed by atoms with Crippen LogP contribution in [0, 0.1) is 0 Å². The van der Waals surface area contributed by atoms with Crippen molar-refractivity contribution in [3.8, 4) is 0 Å². The van der Waals surface area contributed by atoms with Crippen LogP contribution in [-0.4, -0.2) is 256 Å². The zero-order valence-electron chi connectivity index (χ0n) is 91.2. The first-order chi connectivity index (χ1) is 55.5. The van der Waals surface area contributed by atoms with Crippen molar-refractivity contribution >= 4 is 243 Å². The van der Waals surface area contributed by atoms with Gasteiger partial charge < -0.3 is 126 Å². The van der Waals surface area contributed by atoms with Gasteiger partial charge in [0.2, 0.25) is 0 Å². The van der Waals surface area contributed by atoms with Gasteiger partial charge in [-0.05, 0) is 386 Å². The summed E-state index contributed by atoms with van der Waals surface area (Å²) >= 11 is 0. The fourth-order valence-electron chi connectivity index (χ4n) is 17.4. The Morgan fingerprint density at radius 3 is 0.500 bits per heavy atom. The van der Waals surface area contributed by atoms with Crippen molar-refractivity contribution in [2.24, 2.45) is 0 Å². The lowest BCUT2D eigenvalue weighted by Crippen LogP contribution is -2.63. The maximum absolute atomic E-state index is 11.5. The Kier molecular flexibility index (Phi) is 50.3. The molecule has 59 heteroatoms. The summed E-state index contributed by atoms with van der Waals surface area (Å²) in [7, 11) is -75.1. The van der Waals surface area contributed by atoms with Crippen molar-refractivity contribution in [1.82, 2.24) is 0 Å². The number of hydrogen-bond acceptors (Lipinski definition) is 32. The summed E-state index contributed by atoms with van der Waals surface area (Å²) in [5.41, 5.74) is 0. The number of rotatable bonds is 61. The van der Waals surface area contributed by atoms with Crippen LogP contribution in [0.3, 0.4) is 0 Å². The van der Waals surface area contributed by atoms with E-state index >= 15 is 0 Å². The van der Waals surface area contributed by atoms with Gasteiger partial charge in [0.15, 0.2) is 16.6 Å². The van der Waals surface area contributed by atoms with E-state index in [0.717, 1.165) is 31.4 Å². The predicted molar refractivity (Wildman–Crippen MR) is 580 cm³/mol.